The molecule has 1 aliphatic rings. The highest BCUT2D eigenvalue weighted by Crippen LogP contribution is 2.19. The molecule has 1 N–H and O–H groups in total. The van der Waals surface area contributed by atoms with Crippen molar-refractivity contribution in [3.8, 4) is 11.4 Å². The fourth-order valence-electron chi connectivity index (χ4n) is 2.72. The van der Waals surface area contributed by atoms with Gasteiger partial charge in [0.1, 0.15) is 0 Å². The van der Waals surface area contributed by atoms with Gasteiger partial charge in [0.2, 0.25) is 11.7 Å². The third kappa shape index (κ3) is 4.29. The molecule has 0 spiro atoms. The second-order valence-electron chi connectivity index (χ2n) is 6.01. The van der Waals surface area contributed by atoms with Crippen LogP contribution in [0.2, 0.25) is 0 Å². The molecule has 6 heteroatoms. The summed E-state index contributed by atoms with van der Waals surface area (Å²) in [7, 11) is 4.13. The number of nitrogens with one attached hydrogen (secondary N) is 1. The molecule has 5 nitrogen and oxygen atoms in total. The van der Waals surface area contributed by atoms with E-state index in [-0.39, 0.29) is 12.4 Å². The Morgan fingerprint density at radius 1 is 1.27 bits per heavy atom. The van der Waals surface area contributed by atoms with E-state index in [0.29, 0.717) is 11.7 Å². The maximum atomic E-state index is 5.38. The van der Waals surface area contributed by atoms with E-state index in [2.05, 4.69) is 58.7 Å². The maximum Gasteiger partial charge on any atom is 0.227 e. The van der Waals surface area contributed by atoms with E-state index in [1.54, 1.807) is 0 Å². The van der Waals surface area contributed by atoms with Gasteiger partial charge in [0.15, 0.2) is 0 Å². The van der Waals surface area contributed by atoms with Crippen LogP contribution in [0.4, 0.5) is 0 Å². The normalized spacial score (nSPS) is 17.7. The Bertz CT molecular complexity index is 576. The van der Waals surface area contributed by atoms with Gasteiger partial charge in [0.05, 0.1) is 0 Å². The van der Waals surface area contributed by atoms with Gasteiger partial charge in [-0.15, -0.1) is 12.4 Å². The SMILES string of the molecule is CN(C)Cc1ccc(-c2noc(CC3CCNC3)n2)cc1.Cl. The molecule has 2 heterocycles. The fourth-order valence-corrected chi connectivity index (χ4v) is 2.72. The van der Waals surface area contributed by atoms with Gasteiger partial charge in [-0.3, -0.25) is 0 Å². The molecule has 1 atom stereocenters. The summed E-state index contributed by atoms with van der Waals surface area (Å²) in [6.07, 6.45) is 2.07. The average Bonchev–Trinajstić information content (AvgIpc) is 3.11. The first-order chi connectivity index (χ1) is 10.2. The van der Waals surface area contributed by atoms with Crippen molar-refractivity contribution in [1.29, 1.82) is 0 Å². The van der Waals surface area contributed by atoms with Crippen LogP contribution in [0.5, 0.6) is 0 Å². The Kier molecular flexibility index (Phi) is 5.94. The minimum atomic E-state index is 0. The summed E-state index contributed by atoms with van der Waals surface area (Å²) in [5.74, 6) is 2.06. The quantitative estimate of drug-likeness (QED) is 0.916. The monoisotopic (exact) mass is 322 g/mol. The minimum Gasteiger partial charge on any atom is -0.339 e. The Morgan fingerprint density at radius 2 is 2.05 bits per heavy atom. The lowest BCUT2D eigenvalue weighted by molar-refractivity contribution is 0.358. The average molecular weight is 323 g/mol. The van der Waals surface area contributed by atoms with Crippen LogP contribution in [-0.2, 0) is 13.0 Å². The molecule has 2 aromatic rings. The van der Waals surface area contributed by atoms with E-state index in [1.165, 1.54) is 12.0 Å². The lowest BCUT2D eigenvalue weighted by Crippen LogP contribution is -2.10. The van der Waals surface area contributed by atoms with E-state index in [4.69, 9.17) is 4.52 Å². The standard InChI is InChI=1S/C16H22N4O.ClH/c1-20(2)11-12-3-5-14(6-4-12)16-18-15(21-19-16)9-13-7-8-17-10-13;/h3-6,13,17H,7-11H2,1-2H3;1H. The van der Waals surface area contributed by atoms with Crippen LogP contribution in [0.25, 0.3) is 11.4 Å². The molecule has 3 rings (SSSR count). The van der Waals surface area contributed by atoms with E-state index in [9.17, 15) is 0 Å². The van der Waals surface area contributed by atoms with Gasteiger partial charge in [0.25, 0.3) is 0 Å². The molecule has 1 saturated heterocycles. The Morgan fingerprint density at radius 3 is 2.68 bits per heavy atom. The first kappa shape index (κ1) is 16.9. The van der Waals surface area contributed by atoms with Crippen molar-refractivity contribution in [2.24, 2.45) is 5.92 Å². The number of benzene rings is 1. The highest BCUT2D eigenvalue weighted by Gasteiger charge is 2.18. The molecule has 120 valence electrons. The first-order valence-corrected chi connectivity index (χ1v) is 7.48. The van der Waals surface area contributed by atoms with E-state index < -0.39 is 0 Å². The van der Waals surface area contributed by atoms with Gasteiger partial charge < -0.3 is 14.7 Å². The van der Waals surface area contributed by atoms with Crippen LogP contribution in [0, 0.1) is 5.92 Å². The molecule has 1 fully saturated rings. The highest BCUT2D eigenvalue weighted by atomic mass is 35.5. The summed E-state index contributed by atoms with van der Waals surface area (Å²) >= 11 is 0. The Labute approximate surface area is 137 Å². The fraction of sp³-hybridized carbons (Fsp3) is 0.500. The summed E-state index contributed by atoms with van der Waals surface area (Å²) in [4.78, 5) is 6.67. The van der Waals surface area contributed by atoms with Gasteiger partial charge in [0, 0.05) is 18.5 Å². The molecular formula is C16H23ClN4O. The summed E-state index contributed by atoms with van der Waals surface area (Å²) < 4.78 is 5.38. The zero-order valence-corrected chi connectivity index (χ0v) is 13.9. The summed E-state index contributed by atoms with van der Waals surface area (Å²) in [6.45, 7) is 3.09. The van der Waals surface area contributed by atoms with Crippen LogP contribution in [-0.4, -0.2) is 42.2 Å². The number of rotatable bonds is 5. The molecule has 1 unspecified atom stereocenters. The predicted octanol–water partition coefficient (Wildman–Crippen LogP) is 2.37. The summed E-state index contributed by atoms with van der Waals surface area (Å²) in [6, 6.07) is 8.35. The molecular weight excluding hydrogens is 300 g/mol. The van der Waals surface area contributed by atoms with Crippen molar-refractivity contribution < 1.29 is 4.52 Å². The van der Waals surface area contributed by atoms with Crippen LogP contribution >= 0.6 is 12.4 Å². The highest BCUT2D eigenvalue weighted by molar-refractivity contribution is 5.85. The van der Waals surface area contributed by atoms with Crippen LogP contribution in [0.1, 0.15) is 17.9 Å². The van der Waals surface area contributed by atoms with Crippen molar-refractivity contribution in [2.75, 3.05) is 27.2 Å². The minimum absolute atomic E-state index is 0. The zero-order chi connectivity index (χ0) is 14.7. The van der Waals surface area contributed by atoms with Crippen LogP contribution in [0.15, 0.2) is 28.8 Å². The molecule has 22 heavy (non-hydrogen) atoms. The topological polar surface area (TPSA) is 54.2 Å². The largest absolute Gasteiger partial charge is 0.339 e. The molecule has 1 aromatic heterocycles. The third-order valence-corrected chi connectivity index (χ3v) is 3.80. The van der Waals surface area contributed by atoms with Gasteiger partial charge in [-0.05, 0) is 45.1 Å². The van der Waals surface area contributed by atoms with Crippen molar-refractivity contribution in [3.05, 3.63) is 35.7 Å². The lowest BCUT2D eigenvalue weighted by Gasteiger charge is -2.09. The Hall–Kier alpha value is -1.43. The van der Waals surface area contributed by atoms with Crippen molar-refractivity contribution in [2.45, 2.75) is 19.4 Å². The number of hydrogen-bond donors (Lipinski definition) is 1. The number of aromatic nitrogens is 2. The van der Waals surface area contributed by atoms with Crippen molar-refractivity contribution in [3.63, 3.8) is 0 Å². The van der Waals surface area contributed by atoms with Crippen LogP contribution < -0.4 is 5.32 Å². The van der Waals surface area contributed by atoms with Crippen molar-refractivity contribution >= 4 is 12.4 Å². The molecule has 0 amide bonds. The van der Waals surface area contributed by atoms with E-state index in [0.717, 1.165) is 37.5 Å². The predicted molar refractivity (Wildman–Crippen MR) is 89.1 cm³/mol. The van der Waals surface area contributed by atoms with Gasteiger partial charge in [-0.25, -0.2) is 0 Å². The van der Waals surface area contributed by atoms with Crippen molar-refractivity contribution in [1.82, 2.24) is 20.4 Å². The molecule has 0 bridgehead atoms. The molecule has 1 aliphatic heterocycles. The molecule has 1 aromatic carbocycles. The Balaban J connectivity index is 0.00000176. The maximum absolute atomic E-state index is 5.38. The summed E-state index contributed by atoms with van der Waals surface area (Å²) in [5, 5.41) is 7.46. The van der Waals surface area contributed by atoms with E-state index >= 15 is 0 Å². The second-order valence-corrected chi connectivity index (χ2v) is 6.01. The van der Waals surface area contributed by atoms with Crippen LogP contribution in [0.3, 0.4) is 0 Å². The smallest absolute Gasteiger partial charge is 0.227 e. The molecule has 0 saturated carbocycles. The van der Waals surface area contributed by atoms with Gasteiger partial charge >= 0.3 is 0 Å². The first-order valence-electron chi connectivity index (χ1n) is 7.48. The van der Waals surface area contributed by atoms with Gasteiger partial charge in [-0.2, -0.15) is 4.98 Å². The zero-order valence-electron chi connectivity index (χ0n) is 13.1. The lowest BCUT2D eigenvalue weighted by atomic mass is 10.1. The molecule has 0 aliphatic carbocycles. The second kappa shape index (κ2) is 7.72. The third-order valence-electron chi connectivity index (χ3n) is 3.80. The van der Waals surface area contributed by atoms with Gasteiger partial charge in [-0.1, -0.05) is 29.4 Å². The van der Waals surface area contributed by atoms with E-state index in [1.807, 2.05) is 0 Å². The summed E-state index contributed by atoms with van der Waals surface area (Å²) in [5.41, 5.74) is 2.29. The number of halogens is 1. The number of hydrogen-bond acceptors (Lipinski definition) is 5. The molecule has 0 radical (unpaired) electrons. The number of nitrogens with zero attached hydrogens (tertiary/aromatic N) is 3.